The second-order valence-electron chi connectivity index (χ2n) is 14.5. The Morgan fingerprint density at radius 1 is 0.755 bits per heavy atom. The number of carbonyl (C=O) groups excluding carboxylic acids is 2. The van der Waals surface area contributed by atoms with Crippen LogP contribution < -0.4 is 10.1 Å². The van der Waals surface area contributed by atoms with Crippen molar-refractivity contribution in [3.63, 3.8) is 0 Å². The number of amides is 1. The van der Waals surface area contributed by atoms with Gasteiger partial charge in [-0.3, -0.25) is 14.5 Å². The Balaban J connectivity index is 1.17. The van der Waals surface area contributed by atoms with Crippen molar-refractivity contribution in [1.29, 1.82) is 0 Å². The van der Waals surface area contributed by atoms with Gasteiger partial charge in [0.2, 0.25) is 5.91 Å². The highest BCUT2D eigenvalue weighted by Crippen LogP contribution is 2.32. The number of fused-ring (bicyclic) bond motifs is 1. The van der Waals surface area contributed by atoms with Crippen LogP contribution in [0.15, 0.2) is 35.7 Å². The van der Waals surface area contributed by atoms with Gasteiger partial charge >= 0.3 is 5.97 Å². The van der Waals surface area contributed by atoms with Crippen molar-refractivity contribution in [2.45, 2.75) is 180 Å². The van der Waals surface area contributed by atoms with Gasteiger partial charge in [-0.15, -0.1) is 11.3 Å². The van der Waals surface area contributed by atoms with Crippen LogP contribution in [0, 0.1) is 0 Å². The number of rotatable bonds is 29. The van der Waals surface area contributed by atoms with E-state index in [1.54, 1.807) is 0 Å². The van der Waals surface area contributed by atoms with E-state index >= 15 is 0 Å². The molecule has 1 N–H and O–H groups in total. The molecule has 0 spiro atoms. The molecule has 0 bridgehead atoms. The molecule has 1 amide bonds. The normalized spacial score (nSPS) is 14.2. The van der Waals surface area contributed by atoms with E-state index in [2.05, 4.69) is 47.6 Å². The van der Waals surface area contributed by atoms with Gasteiger partial charge in [-0.05, 0) is 80.1 Å². The largest absolute Gasteiger partial charge is 0.426 e. The van der Waals surface area contributed by atoms with Crippen molar-refractivity contribution >= 4 is 23.2 Å². The zero-order valence-corrected chi connectivity index (χ0v) is 32.2. The average molecular weight is 695 g/mol. The Morgan fingerprint density at radius 3 is 2.02 bits per heavy atom. The molecule has 3 rings (SSSR count). The minimum atomic E-state index is -0.207. The molecule has 1 aromatic heterocycles. The second-order valence-corrected chi connectivity index (χ2v) is 15.5. The van der Waals surface area contributed by atoms with Crippen LogP contribution in [0.3, 0.4) is 0 Å². The van der Waals surface area contributed by atoms with Crippen molar-refractivity contribution in [3.05, 3.63) is 51.7 Å². The van der Waals surface area contributed by atoms with Crippen LogP contribution in [0.5, 0.6) is 5.75 Å². The van der Waals surface area contributed by atoms with Crippen LogP contribution in [0.4, 0.5) is 0 Å². The lowest BCUT2D eigenvalue weighted by Crippen LogP contribution is -2.41. The molecule has 5 nitrogen and oxygen atoms in total. The van der Waals surface area contributed by atoms with Crippen molar-refractivity contribution in [3.8, 4) is 5.75 Å². The number of carbonyl (C=O) groups is 2. The summed E-state index contributed by atoms with van der Waals surface area (Å²) in [6.45, 7) is 7.29. The standard InChI is InChI=1S/C43H70N2O3S/c1-3-5-6-7-8-9-10-11-12-13-14-15-16-17-18-19-20-27-42(46)44-32-22-28-43(47)48-41-26-21-24-37-36-38(29-30-40(37)41)45(33-4-2)34-31-39-25-23-35-49-39/h21,23-26,35,38H,3-20,22,27-34,36H2,1-2H3,(H,44,46)/t38-/m0/s1. The van der Waals surface area contributed by atoms with Gasteiger partial charge < -0.3 is 10.1 Å². The van der Waals surface area contributed by atoms with Gasteiger partial charge in [0, 0.05) is 36.9 Å². The highest BCUT2D eigenvalue weighted by atomic mass is 32.1. The van der Waals surface area contributed by atoms with E-state index < -0.39 is 0 Å². The van der Waals surface area contributed by atoms with Gasteiger partial charge in [-0.2, -0.15) is 0 Å². The first-order valence-electron chi connectivity index (χ1n) is 20.4. The molecule has 0 fully saturated rings. The summed E-state index contributed by atoms with van der Waals surface area (Å²) in [6, 6.07) is 11.1. The number of hydrogen-bond donors (Lipinski definition) is 1. The quantitative estimate of drug-likeness (QED) is 0.0523. The Morgan fingerprint density at radius 2 is 1.41 bits per heavy atom. The molecule has 1 aliphatic carbocycles. The third kappa shape index (κ3) is 18.0. The topological polar surface area (TPSA) is 58.6 Å². The molecule has 0 saturated carbocycles. The third-order valence-electron chi connectivity index (χ3n) is 10.3. The zero-order valence-electron chi connectivity index (χ0n) is 31.4. The number of nitrogens with one attached hydrogen (secondary N) is 1. The predicted molar refractivity (Wildman–Crippen MR) is 209 cm³/mol. The van der Waals surface area contributed by atoms with Gasteiger partial charge in [-0.25, -0.2) is 0 Å². The van der Waals surface area contributed by atoms with Gasteiger partial charge in [0.1, 0.15) is 5.75 Å². The third-order valence-corrected chi connectivity index (χ3v) is 11.2. The molecule has 276 valence electrons. The Bertz CT molecular complexity index is 1130. The monoisotopic (exact) mass is 695 g/mol. The molecule has 0 aliphatic heterocycles. The molecule has 1 heterocycles. The van der Waals surface area contributed by atoms with Crippen LogP contribution in [0.1, 0.15) is 171 Å². The fourth-order valence-corrected chi connectivity index (χ4v) is 8.06. The number of ether oxygens (including phenoxy) is 1. The maximum absolute atomic E-state index is 12.7. The van der Waals surface area contributed by atoms with E-state index in [4.69, 9.17) is 4.74 Å². The fourth-order valence-electron chi connectivity index (χ4n) is 7.37. The molecular weight excluding hydrogens is 625 g/mol. The Hall–Kier alpha value is -2.18. The maximum atomic E-state index is 12.7. The van der Waals surface area contributed by atoms with Gasteiger partial charge in [0.05, 0.1) is 0 Å². The minimum Gasteiger partial charge on any atom is -0.426 e. The number of esters is 1. The molecule has 1 aromatic carbocycles. The molecule has 0 saturated heterocycles. The molecule has 49 heavy (non-hydrogen) atoms. The minimum absolute atomic E-state index is 0.105. The lowest BCUT2D eigenvalue weighted by atomic mass is 9.86. The number of nitrogens with zero attached hydrogens (tertiary/aromatic N) is 1. The summed E-state index contributed by atoms with van der Waals surface area (Å²) in [5.74, 6) is 0.624. The second kappa shape index (κ2) is 26.6. The van der Waals surface area contributed by atoms with Crippen LogP contribution in [-0.4, -0.2) is 42.5 Å². The van der Waals surface area contributed by atoms with Crippen molar-refractivity contribution in [2.75, 3.05) is 19.6 Å². The fraction of sp³-hybridized carbons (Fsp3) is 0.721. The summed E-state index contributed by atoms with van der Waals surface area (Å²) < 4.78 is 5.86. The van der Waals surface area contributed by atoms with Crippen LogP contribution in [0.2, 0.25) is 0 Å². The molecule has 0 unspecified atom stereocenters. The summed E-state index contributed by atoms with van der Waals surface area (Å²) in [7, 11) is 0. The van der Waals surface area contributed by atoms with Crippen LogP contribution in [-0.2, 0) is 28.9 Å². The van der Waals surface area contributed by atoms with Crippen molar-refractivity contribution < 1.29 is 14.3 Å². The summed E-state index contributed by atoms with van der Waals surface area (Å²) in [5.41, 5.74) is 2.51. The molecule has 1 atom stereocenters. The van der Waals surface area contributed by atoms with Gasteiger partial charge in [-0.1, -0.05) is 135 Å². The predicted octanol–water partition coefficient (Wildman–Crippen LogP) is 11.4. The Labute approximate surface area is 304 Å². The molecular formula is C43H70N2O3S. The summed E-state index contributed by atoms with van der Waals surface area (Å²) >= 11 is 1.85. The number of hydrogen-bond acceptors (Lipinski definition) is 5. The van der Waals surface area contributed by atoms with Crippen LogP contribution in [0.25, 0.3) is 0 Å². The summed E-state index contributed by atoms with van der Waals surface area (Å²) in [4.78, 5) is 29.1. The first-order chi connectivity index (χ1) is 24.1. The number of unbranched alkanes of at least 4 members (excludes halogenated alkanes) is 16. The van der Waals surface area contributed by atoms with E-state index in [1.807, 2.05) is 23.5 Å². The van der Waals surface area contributed by atoms with E-state index in [-0.39, 0.29) is 11.9 Å². The van der Waals surface area contributed by atoms with E-state index in [0.29, 0.717) is 31.8 Å². The van der Waals surface area contributed by atoms with Gasteiger partial charge in [0.25, 0.3) is 0 Å². The lowest BCUT2D eigenvalue weighted by molar-refractivity contribution is -0.134. The average Bonchev–Trinajstić information content (AvgIpc) is 3.63. The van der Waals surface area contributed by atoms with E-state index in [0.717, 1.165) is 63.8 Å². The SMILES string of the molecule is CCCCCCCCCCCCCCCCCCCC(=O)NCCCC(=O)Oc1cccc2c1CC[C@H](N(CCC)CCc1cccs1)C2. The summed E-state index contributed by atoms with van der Waals surface area (Å²) in [6.07, 6.45) is 29.7. The number of benzene rings is 1. The highest BCUT2D eigenvalue weighted by Gasteiger charge is 2.26. The van der Waals surface area contributed by atoms with Gasteiger partial charge in [0.15, 0.2) is 0 Å². The first kappa shape index (κ1) is 41.2. The van der Waals surface area contributed by atoms with Crippen molar-refractivity contribution in [1.82, 2.24) is 10.2 Å². The maximum Gasteiger partial charge on any atom is 0.311 e. The lowest BCUT2D eigenvalue weighted by Gasteiger charge is -2.35. The molecule has 6 heteroatoms. The van der Waals surface area contributed by atoms with Crippen molar-refractivity contribution in [2.24, 2.45) is 0 Å². The molecule has 0 radical (unpaired) electrons. The van der Waals surface area contributed by atoms with E-state index in [1.165, 1.54) is 112 Å². The van der Waals surface area contributed by atoms with Crippen LogP contribution >= 0.6 is 11.3 Å². The zero-order chi connectivity index (χ0) is 34.8. The highest BCUT2D eigenvalue weighted by molar-refractivity contribution is 7.09. The molecule has 2 aromatic rings. The molecule has 1 aliphatic rings. The Kier molecular flexibility index (Phi) is 22.4. The van der Waals surface area contributed by atoms with E-state index in [9.17, 15) is 9.59 Å². The number of thiophene rings is 1. The smallest absolute Gasteiger partial charge is 0.311 e. The summed E-state index contributed by atoms with van der Waals surface area (Å²) in [5, 5.41) is 5.17. The first-order valence-corrected chi connectivity index (χ1v) is 21.3.